The maximum atomic E-state index is 6.89. The molecule has 3 heterocycles. The maximum Gasteiger partial charge on any atom is 0.267 e. The molecule has 0 N–H and O–H groups in total. The normalized spacial score (nSPS) is 12.4. The Morgan fingerprint density at radius 3 is 1.84 bits per heavy atom. The van der Waals surface area contributed by atoms with Gasteiger partial charge in [-0.15, -0.1) is 35.2 Å². The van der Waals surface area contributed by atoms with Crippen LogP contribution in [0.3, 0.4) is 0 Å². The van der Waals surface area contributed by atoms with Crippen LogP contribution in [0.15, 0.2) is 158 Å². The van der Waals surface area contributed by atoms with Gasteiger partial charge in [0.25, 0.3) is 6.33 Å². The topological polar surface area (TPSA) is 35.9 Å². The molecule has 0 saturated heterocycles. The minimum absolute atomic E-state index is 0. The van der Waals surface area contributed by atoms with E-state index in [2.05, 4.69) is 226 Å². The first-order valence-electron chi connectivity index (χ1n) is 22.0. The SMILES string of the molecule is CC(C)(C)c1cccc(-[n+]2[c-]n(-c3[c-]c(Oc4[c-]c5c(cc4)c4cc(C(C)(C)c6ccccc6)ccc4n5-c4cc(C(C)(C)C)ccn4)cc(C(C)(C)c4ccccc4)c3)cc2)c1.[Pt]. The smallest absolute Gasteiger partial charge is 0.267 e. The summed E-state index contributed by atoms with van der Waals surface area (Å²) in [5, 5.41) is 2.22. The van der Waals surface area contributed by atoms with Gasteiger partial charge in [-0.25, -0.2) is 4.98 Å². The van der Waals surface area contributed by atoms with Crippen molar-refractivity contribution in [1.29, 1.82) is 0 Å². The molecule has 0 saturated carbocycles. The summed E-state index contributed by atoms with van der Waals surface area (Å²) < 4.78 is 13.2. The number of imidazole rings is 1. The molecule has 9 rings (SSSR count). The second-order valence-electron chi connectivity index (χ2n) is 19.9. The average Bonchev–Trinajstić information content (AvgIpc) is 3.90. The first kappa shape index (κ1) is 44.6. The van der Waals surface area contributed by atoms with E-state index in [1.54, 1.807) is 0 Å². The number of hydrogen-bond donors (Lipinski definition) is 0. The Bertz CT molecular complexity index is 3110. The van der Waals surface area contributed by atoms with Crippen molar-refractivity contribution in [1.82, 2.24) is 14.1 Å². The molecule has 0 aliphatic rings. The first-order chi connectivity index (χ1) is 30.0. The molecule has 0 spiro atoms. The van der Waals surface area contributed by atoms with Crippen molar-refractivity contribution >= 4 is 21.8 Å². The van der Waals surface area contributed by atoms with Crippen molar-refractivity contribution in [3.63, 3.8) is 0 Å². The van der Waals surface area contributed by atoms with Crippen molar-refractivity contribution in [2.75, 3.05) is 0 Å². The average molecular weight is 1020 g/mol. The van der Waals surface area contributed by atoms with Crippen LogP contribution in [-0.2, 0) is 42.7 Å². The quantitative estimate of drug-likeness (QED) is 0.107. The first-order valence-corrected chi connectivity index (χ1v) is 22.0. The summed E-state index contributed by atoms with van der Waals surface area (Å²) in [6.07, 6.45) is 9.56. The maximum absolute atomic E-state index is 6.89. The van der Waals surface area contributed by atoms with Gasteiger partial charge in [0.15, 0.2) is 0 Å². The van der Waals surface area contributed by atoms with Crippen LogP contribution in [0.4, 0.5) is 0 Å². The zero-order valence-corrected chi connectivity index (χ0v) is 40.8. The van der Waals surface area contributed by atoms with Gasteiger partial charge in [0, 0.05) is 62.1 Å². The molecule has 0 aliphatic carbocycles. The van der Waals surface area contributed by atoms with E-state index in [-0.39, 0.29) is 42.7 Å². The van der Waals surface area contributed by atoms with Crippen molar-refractivity contribution in [2.45, 2.75) is 90.9 Å². The fourth-order valence-corrected chi connectivity index (χ4v) is 8.57. The van der Waals surface area contributed by atoms with Gasteiger partial charge in [-0.3, -0.25) is 4.57 Å². The number of aromatic nitrogens is 4. The van der Waals surface area contributed by atoms with Gasteiger partial charge in [-0.05, 0) is 85.5 Å². The van der Waals surface area contributed by atoms with E-state index in [9.17, 15) is 0 Å². The van der Waals surface area contributed by atoms with Gasteiger partial charge in [-0.2, -0.15) is 12.1 Å². The number of benzene rings is 6. The van der Waals surface area contributed by atoms with Crippen LogP contribution in [0.5, 0.6) is 11.5 Å². The van der Waals surface area contributed by atoms with Crippen LogP contribution in [0.1, 0.15) is 103 Å². The molecule has 6 heteroatoms. The van der Waals surface area contributed by atoms with Crippen molar-refractivity contribution < 1.29 is 30.4 Å². The molecule has 0 bridgehead atoms. The standard InChI is InChI=1S/C58H56N4O.Pt/c1-55(2,3)42-22-17-23-46(32-42)60-30-31-61(39-60)47-33-45(58(9,10)41-20-15-12-16-21-41)34-49(37-47)63-48-25-26-50-51-35-44(57(7,8)40-18-13-11-14-19-40)24-27-52(51)62(53(50)38-48)54-36-43(28-29-59-54)56(4,5)6;/h11-36H,1-10H3;/q-2;. The number of pyridine rings is 1. The zero-order valence-electron chi connectivity index (χ0n) is 38.5. The third-order valence-corrected chi connectivity index (χ3v) is 12.8. The Hall–Kier alpha value is -6.03. The van der Waals surface area contributed by atoms with E-state index < -0.39 is 0 Å². The third kappa shape index (κ3) is 8.51. The Balaban J connectivity index is 0.00000560. The molecule has 0 aliphatic heterocycles. The Morgan fingerprint density at radius 1 is 0.531 bits per heavy atom. The van der Waals surface area contributed by atoms with Crippen LogP contribution >= 0.6 is 0 Å². The van der Waals surface area contributed by atoms with Crippen molar-refractivity contribution in [2.24, 2.45) is 0 Å². The number of ether oxygens (including phenoxy) is 1. The third-order valence-electron chi connectivity index (χ3n) is 12.8. The minimum Gasteiger partial charge on any atom is -0.510 e. The summed E-state index contributed by atoms with van der Waals surface area (Å²) in [6.45, 7) is 22.5. The fraction of sp³-hybridized carbons (Fsp3) is 0.241. The predicted octanol–water partition coefficient (Wildman–Crippen LogP) is 13.7. The van der Waals surface area contributed by atoms with Crippen LogP contribution in [0, 0.1) is 18.5 Å². The summed E-state index contributed by atoms with van der Waals surface area (Å²) in [5.74, 6) is 2.02. The number of hydrogen-bond acceptors (Lipinski definition) is 2. The van der Waals surface area contributed by atoms with Crippen molar-refractivity contribution in [3.8, 4) is 28.7 Å². The second kappa shape index (κ2) is 16.8. The van der Waals surface area contributed by atoms with E-state index in [4.69, 9.17) is 9.72 Å². The molecule has 6 aromatic carbocycles. The fourth-order valence-electron chi connectivity index (χ4n) is 8.57. The van der Waals surface area contributed by atoms with Crippen LogP contribution in [0.2, 0.25) is 0 Å². The largest absolute Gasteiger partial charge is 0.510 e. The van der Waals surface area contributed by atoms with E-state index >= 15 is 0 Å². The predicted molar refractivity (Wildman–Crippen MR) is 257 cm³/mol. The summed E-state index contributed by atoms with van der Waals surface area (Å²) in [7, 11) is 0. The molecule has 326 valence electrons. The monoisotopic (exact) mass is 1020 g/mol. The van der Waals surface area contributed by atoms with Crippen LogP contribution in [-0.4, -0.2) is 14.1 Å². The number of nitrogens with zero attached hydrogens (tertiary/aromatic N) is 4. The van der Waals surface area contributed by atoms with Crippen LogP contribution < -0.4 is 9.30 Å². The minimum atomic E-state index is -0.345. The molecule has 0 unspecified atom stereocenters. The van der Waals surface area contributed by atoms with E-state index in [0.717, 1.165) is 44.6 Å². The molecule has 5 nitrogen and oxygen atoms in total. The molecule has 9 aromatic rings. The molecule has 3 aromatic heterocycles. The molecule has 0 radical (unpaired) electrons. The van der Waals surface area contributed by atoms with E-state index in [1.165, 1.54) is 27.8 Å². The van der Waals surface area contributed by atoms with Crippen molar-refractivity contribution in [3.05, 3.63) is 210 Å². The molecule has 0 fully saturated rings. The van der Waals surface area contributed by atoms with Gasteiger partial charge >= 0.3 is 0 Å². The molecular formula is C58H56N4OPt-2. The summed E-state index contributed by atoms with van der Waals surface area (Å²) in [4.78, 5) is 4.97. The molecular weight excluding hydrogens is 964 g/mol. The van der Waals surface area contributed by atoms with Gasteiger partial charge in [0.1, 0.15) is 5.82 Å². The number of rotatable bonds is 9. The molecule has 64 heavy (non-hydrogen) atoms. The number of fused-ring (bicyclic) bond motifs is 3. The van der Waals surface area contributed by atoms with E-state index in [0.29, 0.717) is 11.5 Å². The Labute approximate surface area is 393 Å². The Kier molecular flexibility index (Phi) is 11.7. The van der Waals surface area contributed by atoms with Gasteiger partial charge in [-0.1, -0.05) is 160 Å². The van der Waals surface area contributed by atoms with Gasteiger partial charge in [0.05, 0.1) is 5.69 Å². The molecule has 0 atom stereocenters. The molecule has 0 amide bonds. The van der Waals surface area contributed by atoms with Gasteiger partial charge < -0.3 is 13.9 Å². The summed E-state index contributed by atoms with van der Waals surface area (Å²) in [5.41, 5.74) is 10.5. The van der Waals surface area contributed by atoms with E-state index in [1.807, 2.05) is 33.8 Å². The second-order valence-corrected chi connectivity index (χ2v) is 19.9. The summed E-state index contributed by atoms with van der Waals surface area (Å²) >= 11 is 0. The van der Waals surface area contributed by atoms with Gasteiger partial charge in [0.2, 0.25) is 0 Å². The Morgan fingerprint density at radius 2 is 1.17 bits per heavy atom. The zero-order chi connectivity index (χ0) is 44.3. The van der Waals surface area contributed by atoms with Crippen LogP contribution in [0.25, 0.3) is 39.0 Å². The summed E-state index contributed by atoms with van der Waals surface area (Å²) in [6, 6.07) is 57.0.